The lowest BCUT2D eigenvalue weighted by molar-refractivity contribution is 0.0240. The van der Waals surface area contributed by atoms with Gasteiger partial charge in [0, 0.05) is 56.5 Å². The van der Waals surface area contributed by atoms with E-state index in [0.29, 0.717) is 79.3 Å². The smallest absolute Gasteiger partial charge is 0.410 e. The van der Waals surface area contributed by atoms with Crippen LogP contribution in [-0.2, 0) is 17.8 Å². The molecule has 4 aromatic rings. The Morgan fingerprint density at radius 3 is 2.46 bits per heavy atom. The molecule has 0 atom stereocenters. The average molecular weight is 628 g/mol. The number of nitrogens with zero attached hydrogens (tertiary/aromatic N) is 6. The number of carbonyl (C=O) groups is 2. The number of amides is 2. The van der Waals surface area contributed by atoms with Gasteiger partial charge in [-0.2, -0.15) is 0 Å². The molecular formula is C33H37N7O6. The van der Waals surface area contributed by atoms with Gasteiger partial charge in [0.2, 0.25) is 0 Å². The molecule has 46 heavy (non-hydrogen) atoms. The maximum atomic E-state index is 14.0. The number of pyridine rings is 2. The van der Waals surface area contributed by atoms with Crippen LogP contribution in [0.3, 0.4) is 0 Å². The lowest BCUT2D eigenvalue weighted by Gasteiger charge is -2.36. The third kappa shape index (κ3) is 6.39. The number of hydrogen-bond donors (Lipinski definition) is 1. The number of ether oxygens (including phenoxy) is 3. The van der Waals surface area contributed by atoms with Gasteiger partial charge >= 0.3 is 6.09 Å². The van der Waals surface area contributed by atoms with Crippen LogP contribution in [0.25, 0.3) is 11.5 Å². The molecule has 1 N–H and O–H groups in total. The zero-order valence-electron chi connectivity index (χ0n) is 26.6. The number of nitrogens with one attached hydrogen (secondary N) is 1. The molecule has 13 nitrogen and oxygen atoms in total. The highest BCUT2D eigenvalue weighted by Crippen LogP contribution is 2.38. The minimum Gasteiger partial charge on any atom is -0.497 e. The normalized spacial score (nSPS) is 14.7. The van der Waals surface area contributed by atoms with Crippen molar-refractivity contribution in [1.29, 1.82) is 0 Å². The summed E-state index contributed by atoms with van der Waals surface area (Å²) < 4.78 is 22.0. The summed E-state index contributed by atoms with van der Waals surface area (Å²) in [6.07, 6.45) is 6.04. The summed E-state index contributed by atoms with van der Waals surface area (Å²) in [5, 5.41) is 3.31. The number of rotatable bonds is 8. The summed E-state index contributed by atoms with van der Waals surface area (Å²) in [6, 6.07) is 9.38. The van der Waals surface area contributed by atoms with Gasteiger partial charge in [0.15, 0.2) is 12.2 Å². The van der Waals surface area contributed by atoms with Crippen LogP contribution in [0.15, 0.2) is 59.7 Å². The monoisotopic (exact) mass is 627 g/mol. The third-order valence-corrected chi connectivity index (χ3v) is 7.86. The Kier molecular flexibility index (Phi) is 8.39. The van der Waals surface area contributed by atoms with Crippen LogP contribution in [0.2, 0.25) is 0 Å². The first-order valence-corrected chi connectivity index (χ1v) is 15.0. The van der Waals surface area contributed by atoms with Gasteiger partial charge in [0.05, 0.1) is 49.7 Å². The molecule has 0 unspecified atom stereocenters. The van der Waals surface area contributed by atoms with Crippen molar-refractivity contribution < 1.29 is 28.2 Å². The minimum absolute atomic E-state index is 0.155. The van der Waals surface area contributed by atoms with E-state index in [1.54, 1.807) is 48.7 Å². The van der Waals surface area contributed by atoms with Crippen molar-refractivity contribution in [1.82, 2.24) is 24.8 Å². The number of benzene rings is 1. The average Bonchev–Trinajstić information content (AvgIpc) is 3.70. The van der Waals surface area contributed by atoms with Crippen molar-refractivity contribution in [3.63, 3.8) is 0 Å². The second-order valence-electron chi connectivity index (χ2n) is 12.1. The van der Waals surface area contributed by atoms with Crippen LogP contribution in [0.5, 0.6) is 11.5 Å². The second kappa shape index (κ2) is 12.6. The fourth-order valence-electron chi connectivity index (χ4n) is 5.59. The minimum atomic E-state index is -0.528. The highest BCUT2D eigenvalue weighted by atomic mass is 16.6. The van der Waals surface area contributed by atoms with Crippen LogP contribution < -0.4 is 19.7 Å². The van der Waals surface area contributed by atoms with E-state index in [2.05, 4.69) is 25.2 Å². The molecule has 13 heteroatoms. The standard InChI is InChI=1S/C33H37N7O6/c1-33(2,3)46-32(42)39-12-10-38(11-13-39)22-7-9-28(35-15-22)37-25-16-36-30(27-17-34-20-45-27)24-19-40(31(41)29(24)25)18-21-6-8-23(43-4)14-26(21)44-5/h6-9,14-17,20H,10-13,18-19H2,1-5H3,(H,35,37). The number of aromatic nitrogens is 3. The number of anilines is 3. The molecule has 2 amide bonds. The van der Waals surface area contributed by atoms with Gasteiger partial charge in [-0.1, -0.05) is 0 Å². The lowest BCUT2D eigenvalue weighted by atomic mass is 10.1. The van der Waals surface area contributed by atoms with Crippen molar-refractivity contribution in [2.75, 3.05) is 50.6 Å². The first-order chi connectivity index (χ1) is 22.1. The molecule has 1 aromatic carbocycles. The van der Waals surface area contributed by atoms with E-state index in [-0.39, 0.29) is 12.0 Å². The highest BCUT2D eigenvalue weighted by Gasteiger charge is 2.35. The molecule has 1 saturated heterocycles. The lowest BCUT2D eigenvalue weighted by Crippen LogP contribution is -2.50. The summed E-state index contributed by atoms with van der Waals surface area (Å²) in [6.45, 7) is 8.69. The fourth-order valence-corrected chi connectivity index (χ4v) is 5.59. The van der Waals surface area contributed by atoms with Gasteiger partial charge in [-0.3, -0.25) is 9.78 Å². The summed E-state index contributed by atoms with van der Waals surface area (Å²) in [7, 11) is 3.19. The SMILES string of the molecule is COc1ccc(CN2Cc3c(-c4cnco4)ncc(Nc4ccc(N5CCN(C(=O)OC(C)(C)C)CC5)cn4)c3C2=O)c(OC)c1. The predicted octanol–water partition coefficient (Wildman–Crippen LogP) is 5.11. The van der Waals surface area contributed by atoms with Crippen molar-refractivity contribution in [2.24, 2.45) is 0 Å². The molecule has 2 aliphatic rings. The van der Waals surface area contributed by atoms with Crippen molar-refractivity contribution >= 4 is 29.2 Å². The van der Waals surface area contributed by atoms with E-state index >= 15 is 0 Å². The molecule has 6 rings (SSSR count). The van der Waals surface area contributed by atoms with Crippen LogP contribution in [0.4, 0.5) is 22.0 Å². The van der Waals surface area contributed by atoms with E-state index in [1.807, 2.05) is 45.0 Å². The summed E-state index contributed by atoms with van der Waals surface area (Å²) in [5.41, 5.74) is 3.59. The van der Waals surface area contributed by atoms with Crippen LogP contribution >= 0.6 is 0 Å². The van der Waals surface area contributed by atoms with Crippen molar-refractivity contribution in [2.45, 2.75) is 39.5 Å². The summed E-state index contributed by atoms with van der Waals surface area (Å²) in [4.78, 5) is 45.4. The molecule has 0 spiro atoms. The molecule has 1 fully saturated rings. The van der Waals surface area contributed by atoms with E-state index in [4.69, 9.17) is 18.6 Å². The Bertz CT molecular complexity index is 1710. The number of fused-ring (bicyclic) bond motifs is 1. The van der Waals surface area contributed by atoms with Crippen molar-refractivity contribution in [3.05, 3.63) is 72.0 Å². The maximum absolute atomic E-state index is 14.0. The van der Waals surface area contributed by atoms with Crippen LogP contribution in [0, 0.1) is 0 Å². The van der Waals surface area contributed by atoms with Gasteiger partial charge in [-0.05, 0) is 45.0 Å². The highest BCUT2D eigenvalue weighted by molar-refractivity contribution is 6.05. The summed E-state index contributed by atoms with van der Waals surface area (Å²) >= 11 is 0. The Morgan fingerprint density at radius 2 is 1.80 bits per heavy atom. The molecule has 5 heterocycles. The number of methoxy groups -OCH3 is 2. The Labute approximate surface area is 267 Å². The van der Waals surface area contributed by atoms with Gasteiger partial charge < -0.3 is 38.6 Å². The van der Waals surface area contributed by atoms with Gasteiger partial charge in [0.25, 0.3) is 5.91 Å². The molecule has 240 valence electrons. The Hall–Kier alpha value is -5.33. The fraction of sp³-hybridized carbons (Fsp3) is 0.364. The second-order valence-corrected chi connectivity index (χ2v) is 12.1. The summed E-state index contributed by atoms with van der Waals surface area (Å²) in [5.74, 6) is 2.19. The first kappa shape index (κ1) is 30.7. The molecule has 0 saturated carbocycles. The predicted molar refractivity (Wildman–Crippen MR) is 170 cm³/mol. The Morgan fingerprint density at radius 1 is 1.00 bits per heavy atom. The van der Waals surface area contributed by atoms with E-state index < -0.39 is 5.60 Å². The Balaban J connectivity index is 1.19. The first-order valence-electron chi connectivity index (χ1n) is 15.0. The number of piperazine rings is 1. The number of oxazole rings is 1. The van der Waals surface area contributed by atoms with Crippen LogP contribution in [-0.4, -0.2) is 82.8 Å². The topological polar surface area (TPSA) is 135 Å². The zero-order chi connectivity index (χ0) is 32.4. The van der Waals surface area contributed by atoms with Gasteiger partial charge in [0.1, 0.15) is 28.6 Å². The largest absolute Gasteiger partial charge is 0.497 e. The molecule has 0 bridgehead atoms. The number of hydrogen-bond acceptors (Lipinski definition) is 11. The molecule has 2 aliphatic heterocycles. The van der Waals surface area contributed by atoms with E-state index in [9.17, 15) is 9.59 Å². The van der Waals surface area contributed by atoms with E-state index in [0.717, 1.165) is 16.8 Å². The van der Waals surface area contributed by atoms with Crippen molar-refractivity contribution in [3.8, 4) is 23.0 Å². The van der Waals surface area contributed by atoms with Crippen LogP contribution in [0.1, 0.15) is 42.3 Å². The molecule has 3 aromatic heterocycles. The number of carbonyl (C=O) groups excluding carboxylic acids is 2. The van der Waals surface area contributed by atoms with E-state index in [1.165, 1.54) is 6.39 Å². The quantitative estimate of drug-likeness (QED) is 0.279. The molecule has 0 radical (unpaired) electrons. The zero-order valence-corrected chi connectivity index (χ0v) is 26.6. The molecule has 0 aliphatic carbocycles. The third-order valence-electron chi connectivity index (χ3n) is 7.86. The van der Waals surface area contributed by atoms with Gasteiger partial charge in [-0.15, -0.1) is 0 Å². The molecular weight excluding hydrogens is 590 g/mol. The van der Waals surface area contributed by atoms with Gasteiger partial charge in [-0.25, -0.2) is 14.8 Å². The maximum Gasteiger partial charge on any atom is 0.410 e.